The molecule has 0 radical (unpaired) electrons. The van der Waals surface area contributed by atoms with Crippen LogP contribution in [0, 0.1) is 3.57 Å². The van der Waals surface area contributed by atoms with Gasteiger partial charge in [-0.1, -0.05) is 81.7 Å². The van der Waals surface area contributed by atoms with Crippen LogP contribution in [-0.4, -0.2) is 16.6 Å². The molecule has 36 heavy (non-hydrogen) atoms. The lowest BCUT2D eigenvalue weighted by Crippen LogP contribution is -2.48. The van der Waals surface area contributed by atoms with E-state index >= 15 is 0 Å². The highest BCUT2D eigenvalue weighted by Gasteiger charge is 2.45. The van der Waals surface area contributed by atoms with Crippen LogP contribution in [0.4, 0.5) is 0 Å². The van der Waals surface area contributed by atoms with E-state index in [4.69, 9.17) is 8.85 Å². The van der Waals surface area contributed by atoms with Crippen molar-refractivity contribution in [3.8, 4) is 0 Å². The summed E-state index contributed by atoms with van der Waals surface area (Å²) in [7, 11) is -3.84. The van der Waals surface area contributed by atoms with Crippen molar-refractivity contribution in [2.75, 3.05) is 0 Å². The predicted molar refractivity (Wildman–Crippen MR) is 172 cm³/mol. The maximum Gasteiger partial charge on any atom is 0.194 e. The molecule has 0 saturated heterocycles. The molecular weight excluding hydrogens is 655 g/mol. The van der Waals surface area contributed by atoms with E-state index in [0.717, 1.165) is 40.7 Å². The van der Waals surface area contributed by atoms with Gasteiger partial charge in [0.15, 0.2) is 16.6 Å². The van der Waals surface area contributed by atoms with Gasteiger partial charge in [-0.3, -0.25) is 0 Å². The van der Waals surface area contributed by atoms with Crippen LogP contribution >= 0.6 is 38.5 Å². The monoisotopic (exact) mass is 696 g/mol. The van der Waals surface area contributed by atoms with Crippen molar-refractivity contribution in [3.05, 3.63) is 92.0 Å². The normalized spacial score (nSPS) is 22.2. The van der Waals surface area contributed by atoms with Gasteiger partial charge in [0.05, 0.1) is 0 Å². The Balaban J connectivity index is 2.18. The van der Waals surface area contributed by atoms with Gasteiger partial charge in [0.1, 0.15) is 11.2 Å². The Morgan fingerprint density at radius 1 is 0.583 bits per heavy atom. The van der Waals surface area contributed by atoms with Crippen molar-refractivity contribution in [1.29, 1.82) is 0 Å². The zero-order valence-corrected chi connectivity index (χ0v) is 28.5. The summed E-state index contributed by atoms with van der Waals surface area (Å²) in [4.78, 5) is 0. The topological polar surface area (TPSA) is 18.5 Å². The number of rotatable bonds is 12. The van der Waals surface area contributed by atoms with Crippen LogP contribution in [0.15, 0.2) is 77.3 Å². The largest absolute Gasteiger partial charge is 0.401 e. The first kappa shape index (κ1) is 30.0. The summed E-state index contributed by atoms with van der Waals surface area (Å²) in [6.45, 7) is 13.8. The van der Waals surface area contributed by atoms with Gasteiger partial charge in [-0.25, -0.2) is 0 Å². The van der Waals surface area contributed by atoms with Gasteiger partial charge in [-0.15, -0.1) is 0 Å². The Labute approximate surface area is 243 Å². The van der Waals surface area contributed by atoms with E-state index in [1.165, 1.54) is 14.7 Å². The molecule has 196 valence electrons. The minimum absolute atomic E-state index is 0.574. The molecule has 0 amide bonds. The average Bonchev–Trinajstić information content (AvgIpc) is 2.92. The third kappa shape index (κ3) is 6.20. The lowest BCUT2D eigenvalue weighted by molar-refractivity contribution is 0.121. The molecule has 2 aromatic carbocycles. The molecule has 2 aromatic rings. The summed E-state index contributed by atoms with van der Waals surface area (Å²) in [6, 6.07) is 24.1. The molecule has 0 aliphatic heterocycles. The van der Waals surface area contributed by atoms with Crippen LogP contribution < -0.4 is 0 Å². The van der Waals surface area contributed by atoms with Gasteiger partial charge in [0, 0.05) is 8.04 Å². The minimum atomic E-state index is -1.92. The highest BCUT2D eigenvalue weighted by atomic mass is 127. The first-order valence-electron chi connectivity index (χ1n) is 13.5. The van der Waals surface area contributed by atoms with Crippen LogP contribution in [0.2, 0.25) is 36.3 Å². The Morgan fingerprint density at radius 3 is 1.19 bits per heavy atom. The Hall–Kier alpha value is -0.516. The van der Waals surface area contributed by atoms with Gasteiger partial charge in [0.25, 0.3) is 0 Å². The van der Waals surface area contributed by atoms with Gasteiger partial charge in [0.2, 0.25) is 0 Å². The smallest absolute Gasteiger partial charge is 0.194 e. The van der Waals surface area contributed by atoms with E-state index in [0.29, 0.717) is 0 Å². The molecule has 3 rings (SSSR count). The summed E-state index contributed by atoms with van der Waals surface area (Å²) in [5.41, 5.74) is 1.21. The summed E-state index contributed by atoms with van der Waals surface area (Å²) in [5.74, 6) is 0. The number of hydrogen-bond acceptors (Lipinski definition) is 2. The van der Waals surface area contributed by atoms with Gasteiger partial charge >= 0.3 is 0 Å². The molecule has 0 saturated carbocycles. The van der Waals surface area contributed by atoms with Crippen LogP contribution in [0.25, 0.3) is 0 Å². The fraction of sp³-hybridized carbons (Fsp3) is 0.467. The quantitative estimate of drug-likeness (QED) is 0.125. The second-order valence-electron chi connectivity index (χ2n) is 9.96. The van der Waals surface area contributed by atoms with Gasteiger partial charge in [-0.05, 0) is 119 Å². The zero-order valence-electron chi connectivity index (χ0n) is 22.7. The average molecular weight is 698 g/mol. The molecule has 0 N–H and O–H groups in total. The molecule has 0 aromatic heterocycles. The SMILES string of the molecule is CC[Si](CC)(CC)OC1(c2ccc(Br)cc2)C=CC(O[Si](CC)(CC)CC)(c2ccc(I)cc2)C=C1. The number of halogens is 2. The lowest BCUT2D eigenvalue weighted by atomic mass is 9.82. The van der Waals surface area contributed by atoms with Crippen LogP contribution in [0.5, 0.6) is 0 Å². The van der Waals surface area contributed by atoms with Crippen molar-refractivity contribution in [2.24, 2.45) is 0 Å². The molecule has 0 unspecified atom stereocenters. The third-order valence-electron chi connectivity index (χ3n) is 8.38. The van der Waals surface area contributed by atoms with Crippen LogP contribution in [0.1, 0.15) is 52.7 Å². The van der Waals surface area contributed by atoms with Crippen molar-refractivity contribution >= 4 is 55.2 Å². The molecule has 6 heteroatoms. The van der Waals surface area contributed by atoms with Crippen molar-refractivity contribution in [1.82, 2.24) is 0 Å². The summed E-state index contributed by atoms with van der Waals surface area (Å²) >= 11 is 5.99. The minimum Gasteiger partial charge on any atom is -0.401 e. The summed E-state index contributed by atoms with van der Waals surface area (Å²) in [6.07, 6.45) is 9.22. The van der Waals surface area contributed by atoms with E-state index in [-0.39, 0.29) is 0 Å². The van der Waals surface area contributed by atoms with Gasteiger partial charge < -0.3 is 8.85 Å². The van der Waals surface area contributed by atoms with Crippen molar-refractivity contribution < 1.29 is 8.85 Å². The molecule has 0 bridgehead atoms. The predicted octanol–water partition coefficient (Wildman–Crippen LogP) is 10.3. The molecule has 0 spiro atoms. The molecule has 0 fully saturated rings. The van der Waals surface area contributed by atoms with Crippen LogP contribution in [-0.2, 0) is 20.1 Å². The third-order valence-corrected chi connectivity index (χ3v) is 18.9. The van der Waals surface area contributed by atoms with Crippen LogP contribution in [0.3, 0.4) is 0 Å². The van der Waals surface area contributed by atoms with E-state index in [1.807, 2.05) is 0 Å². The van der Waals surface area contributed by atoms with E-state index in [2.05, 4.69) is 153 Å². The van der Waals surface area contributed by atoms with Gasteiger partial charge in [-0.2, -0.15) is 0 Å². The summed E-state index contributed by atoms with van der Waals surface area (Å²) < 4.78 is 16.9. The van der Waals surface area contributed by atoms with E-state index < -0.39 is 27.8 Å². The molecule has 0 heterocycles. The number of hydrogen-bond donors (Lipinski definition) is 0. The Kier molecular flexibility index (Phi) is 10.5. The van der Waals surface area contributed by atoms with Crippen molar-refractivity contribution in [2.45, 2.75) is 89.0 Å². The fourth-order valence-electron chi connectivity index (χ4n) is 5.32. The maximum atomic E-state index is 7.31. The molecule has 2 nitrogen and oxygen atoms in total. The Bertz CT molecular complexity index is 928. The molecular formula is C30H42BrIO2Si2. The highest BCUT2D eigenvalue weighted by Crippen LogP contribution is 2.45. The lowest BCUT2D eigenvalue weighted by Gasteiger charge is -2.45. The second kappa shape index (κ2) is 12.6. The standard InChI is InChI=1S/C30H42BrIO2Si2/c1-7-35(8-2,9-3)33-29(25-13-17-27(31)18-14-25)21-23-30(24-22-29,26-15-19-28(32)20-16-26)34-36(10-4,11-5)12-6/h13-24H,7-12H2,1-6H3. The molecule has 0 atom stereocenters. The first-order valence-corrected chi connectivity index (χ1v) is 20.5. The molecule has 1 aliphatic carbocycles. The van der Waals surface area contributed by atoms with E-state index in [9.17, 15) is 0 Å². The Morgan fingerprint density at radius 2 is 0.889 bits per heavy atom. The second-order valence-corrected chi connectivity index (χ2v) is 21.5. The number of benzene rings is 2. The highest BCUT2D eigenvalue weighted by molar-refractivity contribution is 14.1. The maximum absolute atomic E-state index is 7.31. The fourth-order valence-corrected chi connectivity index (χ4v) is 11.7. The van der Waals surface area contributed by atoms with Crippen molar-refractivity contribution in [3.63, 3.8) is 0 Å². The van der Waals surface area contributed by atoms with E-state index in [1.54, 1.807) is 0 Å². The molecule has 1 aliphatic rings. The zero-order chi connectivity index (χ0) is 26.5. The first-order chi connectivity index (χ1) is 17.2. The summed E-state index contributed by atoms with van der Waals surface area (Å²) in [5, 5.41) is 0.